The van der Waals surface area contributed by atoms with Crippen LogP contribution in [0.15, 0.2) is 29.0 Å². The second-order valence-electron chi connectivity index (χ2n) is 4.16. The summed E-state index contributed by atoms with van der Waals surface area (Å²) in [6.45, 7) is 3.68. The summed E-state index contributed by atoms with van der Waals surface area (Å²) in [6, 6.07) is 5.24. The standard InChI is InChI=1S/C13H15N3O3/c1-8-6-10(12-16-14-7-19-12)4-5-11(8)15-9(2)13(17)18-3/h4-7,9,15H,1-3H3. The third kappa shape index (κ3) is 2.90. The number of hydrogen-bond donors (Lipinski definition) is 1. The monoisotopic (exact) mass is 261 g/mol. The van der Waals surface area contributed by atoms with Gasteiger partial charge in [0.15, 0.2) is 0 Å². The van der Waals surface area contributed by atoms with Crippen LogP contribution in [0.4, 0.5) is 5.69 Å². The minimum Gasteiger partial charge on any atom is -0.467 e. The van der Waals surface area contributed by atoms with Crippen molar-refractivity contribution in [3.05, 3.63) is 30.2 Å². The SMILES string of the molecule is COC(=O)C(C)Nc1ccc(-c2nnco2)cc1C. The molecular formula is C13H15N3O3. The van der Waals surface area contributed by atoms with E-state index in [1.54, 1.807) is 6.92 Å². The fraction of sp³-hybridized carbons (Fsp3) is 0.308. The van der Waals surface area contributed by atoms with E-state index in [2.05, 4.69) is 20.3 Å². The van der Waals surface area contributed by atoms with Gasteiger partial charge in [-0.1, -0.05) is 0 Å². The number of aromatic nitrogens is 2. The van der Waals surface area contributed by atoms with Crippen LogP contribution in [0.1, 0.15) is 12.5 Å². The Bertz CT molecular complexity index is 567. The number of ether oxygens (including phenoxy) is 1. The number of esters is 1. The summed E-state index contributed by atoms with van der Waals surface area (Å²) in [4.78, 5) is 11.4. The predicted molar refractivity (Wildman–Crippen MR) is 69.6 cm³/mol. The quantitative estimate of drug-likeness (QED) is 0.848. The Hall–Kier alpha value is -2.37. The Labute approximate surface area is 110 Å². The van der Waals surface area contributed by atoms with Crippen LogP contribution in [-0.2, 0) is 9.53 Å². The maximum atomic E-state index is 11.4. The molecule has 1 aromatic heterocycles. The summed E-state index contributed by atoms with van der Waals surface area (Å²) >= 11 is 0. The summed E-state index contributed by atoms with van der Waals surface area (Å²) in [5.41, 5.74) is 2.68. The second-order valence-corrected chi connectivity index (χ2v) is 4.16. The molecule has 0 saturated heterocycles. The van der Waals surface area contributed by atoms with Crippen molar-refractivity contribution >= 4 is 11.7 Å². The van der Waals surface area contributed by atoms with Crippen molar-refractivity contribution in [1.29, 1.82) is 0 Å². The molecule has 0 amide bonds. The highest BCUT2D eigenvalue weighted by Crippen LogP contribution is 2.23. The number of nitrogens with one attached hydrogen (secondary N) is 1. The van der Waals surface area contributed by atoms with Crippen LogP contribution in [0, 0.1) is 6.92 Å². The molecule has 1 heterocycles. The molecule has 0 aliphatic rings. The number of aryl methyl sites for hydroxylation is 1. The molecule has 0 radical (unpaired) electrons. The van der Waals surface area contributed by atoms with Crippen molar-refractivity contribution < 1.29 is 13.9 Å². The molecule has 0 fully saturated rings. The van der Waals surface area contributed by atoms with E-state index in [0.717, 1.165) is 16.8 Å². The van der Waals surface area contributed by atoms with Crippen molar-refractivity contribution in [2.45, 2.75) is 19.9 Å². The first kappa shape index (κ1) is 13.1. The number of carbonyl (C=O) groups is 1. The number of benzene rings is 1. The fourth-order valence-corrected chi connectivity index (χ4v) is 1.73. The van der Waals surface area contributed by atoms with Crippen LogP contribution in [0.25, 0.3) is 11.5 Å². The van der Waals surface area contributed by atoms with Gasteiger partial charge in [-0.25, -0.2) is 4.79 Å². The highest BCUT2D eigenvalue weighted by Gasteiger charge is 2.14. The van der Waals surface area contributed by atoms with Crippen molar-refractivity contribution in [1.82, 2.24) is 10.2 Å². The number of hydrogen-bond acceptors (Lipinski definition) is 6. The molecule has 2 aromatic rings. The van der Waals surface area contributed by atoms with Crippen LogP contribution in [-0.4, -0.2) is 29.3 Å². The van der Waals surface area contributed by atoms with Crippen molar-refractivity contribution in [2.75, 3.05) is 12.4 Å². The van der Waals surface area contributed by atoms with Crippen LogP contribution in [0.5, 0.6) is 0 Å². The van der Waals surface area contributed by atoms with Gasteiger partial charge < -0.3 is 14.5 Å². The Morgan fingerprint density at radius 1 is 1.47 bits per heavy atom. The van der Waals surface area contributed by atoms with Crippen LogP contribution in [0.3, 0.4) is 0 Å². The van der Waals surface area contributed by atoms with Crippen molar-refractivity contribution in [3.63, 3.8) is 0 Å². The molecule has 1 N–H and O–H groups in total. The van der Waals surface area contributed by atoms with Gasteiger partial charge in [-0.05, 0) is 37.6 Å². The summed E-state index contributed by atoms with van der Waals surface area (Å²) < 4.78 is 9.81. The number of nitrogens with zero attached hydrogens (tertiary/aromatic N) is 2. The maximum absolute atomic E-state index is 11.4. The number of carbonyl (C=O) groups excluding carboxylic acids is 1. The third-order valence-electron chi connectivity index (χ3n) is 2.76. The summed E-state index contributed by atoms with van der Waals surface area (Å²) in [5.74, 6) is 0.163. The van der Waals surface area contributed by atoms with Gasteiger partial charge in [0.05, 0.1) is 7.11 Å². The lowest BCUT2D eigenvalue weighted by molar-refractivity contribution is -0.141. The minimum atomic E-state index is -0.405. The zero-order valence-electron chi connectivity index (χ0n) is 11.0. The van der Waals surface area contributed by atoms with Gasteiger partial charge in [-0.15, -0.1) is 10.2 Å². The normalized spacial score (nSPS) is 11.9. The first-order valence-electron chi connectivity index (χ1n) is 5.83. The zero-order chi connectivity index (χ0) is 13.8. The average molecular weight is 261 g/mol. The highest BCUT2D eigenvalue weighted by molar-refractivity contribution is 5.79. The lowest BCUT2D eigenvalue weighted by atomic mass is 10.1. The van der Waals surface area contributed by atoms with Crippen LogP contribution in [0.2, 0.25) is 0 Å². The van der Waals surface area contributed by atoms with E-state index in [-0.39, 0.29) is 5.97 Å². The third-order valence-corrected chi connectivity index (χ3v) is 2.76. The Balaban J connectivity index is 2.18. The van der Waals surface area contributed by atoms with E-state index < -0.39 is 6.04 Å². The van der Waals surface area contributed by atoms with Crippen LogP contribution >= 0.6 is 0 Å². The van der Waals surface area contributed by atoms with E-state index in [9.17, 15) is 4.79 Å². The molecule has 19 heavy (non-hydrogen) atoms. The number of rotatable bonds is 4. The lowest BCUT2D eigenvalue weighted by Crippen LogP contribution is -2.27. The molecule has 100 valence electrons. The smallest absolute Gasteiger partial charge is 0.327 e. The van der Waals surface area contributed by atoms with Gasteiger partial charge >= 0.3 is 5.97 Å². The predicted octanol–water partition coefficient (Wildman–Crippen LogP) is 2.02. The Morgan fingerprint density at radius 3 is 2.84 bits per heavy atom. The molecule has 2 rings (SSSR count). The van der Waals surface area contributed by atoms with Gasteiger partial charge in [0.25, 0.3) is 0 Å². The second kappa shape index (κ2) is 5.51. The summed E-state index contributed by atoms with van der Waals surface area (Å²) in [5, 5.41) is 10.6. The first-order chi connectivity index (χ1) is 9.11. The van der Waals surface area contributed by atoms with E-state index in [1.807, 2.05) is 25.1 Å². The molecule has 1 atom stereocenters. The van der Waals surface area contributed by atoms with E-state index >= 15 is 0 Å². The average Bonchev–Trinajstić information content (AvgIpc) is 2.94. The van der Waals surface area contributed by atoms with Gasteiger partial charge in [0.1, 0.15) is 6.04 Å². The number of methoxy groups -OCH3 is 1. The Kier molecular flexibility index (Phi) is 3.79. The van der Waals surface area contributed by atoms with E-state index in [0.29, 0.717) is 5.89 Å². The first-order valence-corrected chi connectivity index (χ1v) is 5.83. The zero-order valence-corrected chi connectivity index (χ0v) is 11.0. The van der Waals surface area contributed by atoms with Gasteiger partial charge in [-0.3, -0.25) is 0 Å². The fourth-order valence-electron chi connectivity index (χ4n) is 1.73. The molecule has 0 spiro atoms. The molecule has 0 aliphatic carbocycles. The van der Waals surface area contributed by atoms with Gasteiger partial charge in [0.2, 0.25) is 12.3 Å². The molecular weight excluding hydrogens is 246 g/mol. The molecule has 0 bridgehead atoms. The van der Waals surface area contributed by atoms with Gasteiger partial charge in [0, 0.05) is 11.3 Å². The highest BCUT2D eigenvalue weighted by atomic mass is 16.5. The summed E-state index contributed by atoms with van der Waals surface area (Å²) in [6.07, 6.45) is 1.29. The largest absolute Gasteiger partial charge is 0.467 e. The molecule has 0 aliphatic heterocycles. The molecule has 6 nitrogen and oxygen atoms in total. The lowest BCUT2D eigenvalue weighted by Gasteiger charge is -2.15. The summed E-state index contributed by atoms with van der Waals surface area (Å²) in [7, 11) is 1.37. The molecule has 1 aromatic carbocycles. The molecule has 0 saturated carbocycles. The Morgan fingerprint density at radius 2 is 2.26 bits per heavy atom. The van der Waals surface area contributed by atoms with E-state index in [1.165, 1.54) is 13.5 Å². The maximum Gasteiger partial charge on any atom is 0.327 e. The number of anilines is 1. The van der Waals surface area contributed by atoms with Crippen molar-refractivity contribution in [2.24, 2.45) is 0 Å². The van der Waals surface area contributed by atoms with E-state index in [4.69, 9.17) is 4.42 Å². The molecule has 6 heteroatoms. The minimum absolute atomic E-state index is 0.305. The topological polar surface area (TPSA) is 77.2 Å². The van der Waals surface area contributed by atoms with Crippen LogP contribution < -0.4 is 5.32 Å². The molecule has 1 unspecified atom stereocenters. The van der Waals surface area contributed by atoms with Crippen molar-refractivity contribution in [3.8, 4) is 11.5 Å². The van der Waals surface area contributed by atoms with Gasteiger partial charge in [-0.2, -0.15) is 0 Å².